The third-order valence-corrected chi connectivity index (χ3v) is 2.95. The first kappa shape index (κ1) is 13.9. The number of carbonyl (C=O) groups is 2. The molecule has 0 fully saturated rings. The number of ether oxygens (including phenoxy) is 1. The molecule has 0 aliphatic rings. The predicted molar refractivity (Wildman–Crippen MR) is 65.6 cm³/mol. The normalized spacial score (nSPS) is 13.9. The van der Waals surface area contributed by atoms with Crippen LogP contribution in [0, 0.1) is 0 Å². The molecule has 0 bridgehead atoms. The molecular formula is C12H13BrO4. The Morgan fingerprint density at radius 1 is 1.29 bits per heavy atom. The van der Waals surface area contributed by atoms with Gasteiger partial charge in [-0.05, 0) is 24.6 Å². The molecule has 17 heavy (non-hydrogen) atoms. The van der Waals surface area contributed by atoms with E-state index < -0.39 is 23.8 Å². The number of aliphatic hydroxyl groups excluding tert-OH is 1. The Morgan fingerprint density at radius 2 is 1.82 bits per heavy atom. The number of carbonyl (C=O) groups excluding carboxylic acids is 2. The van der Waals surface area contributed by atoms with E-state index in [1.165, 1.54) is 14.0 Å². The van der Waals surface area contributed by atoms with Gasteiger partial charge < -0.3 is 9.84 Å². The average Bonchev–Trinajstić information content (AvgIpc) is 2.31. The van der Waals surface area contributed by atoms with Gasteiger partial charge in [-0.25, -0.2) is 0 Å². The van der Waals surface area contributed by atoms with Gasteiger partial charge in [0.25, 0.3) is 0 Å². The second-order valence-electron chi connectivity index (χ2n) is 3.61. The van der Waals surface area contributed by atoms with Gasteiger partial charge in [0, 0.05) is 4.47 Å². The molecule has 0 amide bonds. The van der Waals surface area contributed by atoms with Gasteiger partial charge in [0.2, 0.25) is 0 Å². The smallest absolute Gasteiger partial charge is 0.316 e. The third-order valence-electron chi connectivity index (χ3n) is 2.42. The predicted octanol–water partition coefficient (Wildman–Crippen LogP) is 1.66. The minimum absolute atomic E-state index is 0.469. The van der Waals surface area contributed by atoms with Crippen LogP contribution >= 0.6 is 15.9 Å². The summed E-state index contributed by atoms with van der Waals surface area (Å²) in [5.74, 6) is -2.08. The summed E-state index contributed by atoms with van der Waals surface area (Å²) in [7, 11) is 1.22. The SMILES string of the molecule is COC(=O)[C@H](c1ccc(Br)cc1)[C@@H](O)C(C)=O. The topological polar surface area (TPSA) is 63.6 Å². The van der Waals surface area contributed by atoms with Gasteiger partial charge in [-0.3, -0.25) is 9.59 Å². The van der Waals surface area contributed by atoms with Crippen LogP contribution in [0.5, 0.6) is 0 Å². The molecular weight excluding hydrogens is 288 g/mol. The van der Waals surface area contributed by atoms with Crippen molar-refractivity contribution in [1.29, 1.82) is 0 Å². The van der Waals surface area contributed by atoms with Gasteiger partial charge >= 0.3 is 5.97 Å². The fraction of sp³-hybridized carbons (Fsp3) is 0.333. The summed E-state index contributed by atoms with van der Waals surface area (Å²) >= 11 is 3.27. The maximum absolute atomic E-state index is 11.6. The van der Waals surface area contributed by atoms with Crippen molar-refractivity contribution in [3.05, 3.63) is 34.3 Å². The summed E-state index contributed by atoms with van der Waals surface area (Å²) in [5.41, 5.74) is 0.544. The molecule has 0 unspecified atom stereocenters. The number of ketones is 1. The van der Waals surface area contributed by atoms with Crippen LogP contribution in [0.1, 0.15) is 18.4 Å². The van der Waals surface area contributed by atoms with Gasteiger partial charge in [0.05, 0.1) is 7.11 Å². The number of hydrogen-bond acceptors (Lipinski definition) is 4. The van der Waals surface area contributed by atoms with Crippen molar-refractivity contribution < 1.29 is 19.4 Å². The van der Waals surface area contributed by atoms with E-state index in [0.29, 0.717) is 5.56 Å². The number of rotatable bonds is 4. The summed E-state index contributed by atoms with van der Waals surface area (Å²) < 4.78 is 5.45. The molecule has 2 atom stereocenters. The summed E-state index contributed by atoms with van der Waals surface area (Å²) in [5, 5.41) is 9.75. The molecule has 1 rings (SSSR count). The first-order chi connectivity index (χ1) is 7.97. The highest BCUT2D eigenvalue weighted by atomic mass is 79.9. The summed E-state index contributed by atoms with van der Waals surface area (Å²) in [6.07, 6.45) is -1.39. The fourth-order valence-corrected chi connectivity index (χ4v) is 1.74. The van der Waals surface area contributed by atoms with Gasteiger partial charge in [-0.1, -0.05) is 28.1 Å². The molecule has 4 nitrogen and oxygen atoms in total. The molecule has 0 saturated heterocycles. The maximum atomic E-state index is 11.6. The van der Waals surface area contributed by atoms with Crippen LogP contribution in [0.2, 0.25) is 0 Å². The Hall–Kier alpha value is -1.20. The number of halogens is 1. The summed E-state index contributed by atoms with van der Waals surface area (Å²) in [6, 6.07) is 6.80. The first-order valence-electron chi connectivity index (χ1n) is 4.99. The van der Waals surface area contributed by atoms with Gasteiger partial charge in [0.1, 0.15) is 12.0 Å². The highest BCUT2D eigenvalue weighted by Gasteiger charge is 2.32. The van der Waals surface area contributed by atoms with Crippen LogP contribution < -0.4 is 0 Å². The van der Waals surface area contributed by atoms with E-state index in [-0.39, 0.29) is 0 Å². The quantitative estimate of drug-likeness (QED) is 0.859. The lowest BCUT2D eigenvalue weighted by molar-refractivity contribution is -0.148. The number of hydrogen-bond donors (Lipinski definition) is 1. The molecule has 5 heteroatoms. The van der Waals surface area contributed by atoms with Crippen molar-refractivity contribution in [2.45, 2.75) is 18.9 Å². The molecule has 1 N–H and O–H groups in total. The largest absolute Gasteiger partial charge is 0.468 e. The van der Waals surface area contributed by atoms with Crippen molar-refractivity contribution in [1.82, 2.24) is 0 Å². The molecule has 0 aromatic heterocycles. The fourth-order valence-electron chi connectivity index (χ4n) is 1.48. The summed E-state index contributed by atoms with van der Waals surface area (Å²) in [4.78, 5) is 22.8. The Bertz CT molecular complexity index is 413. The number of aliphatic hydroxyl groups is 1. The van der Waals surface area contributed by atoms with Gasteiger partial charge in [0.15, 0.2) is 5.78 Å². The van der Waals surface area contributed by atoms with E-state index in [2.05, 4.69) is 20.7 Å². The van der Waals surface area contributed by atoms with Crippen LogP contribution in [-0.4, -0.2) is 30.1 Å². The lowest BCUT2D eigenvalue weighted by atomic mass is 9.91. The van der Waals surface area contributed by atoms with Crippen LogP contribution in [0.15, 0.2) is 28.7 Å². The molecule has 0 spiro atoms. The number of benzene rings is 1. The van der Waals surface area contributed by atoms with E-state index in [0.717, 1.165) is 4.47 Å². The highest BCUT2D eigenvalue weighted by Crippen LogP contribution is 2.24. The van der Waals surface area contributed by atoms with Crippen molar-refractivity contribution in [3.8, 4) is 0 Å². The molecule has 0 radical (unpaired) electrons. The van der Waals surface area contributed by atoms with E-state index in [1.807, 2.05) is 0 Å². The molecule has 0 heterocycles. The molecule has 0 saturated carbocycles. The van der Waals surface area contributed by atoms with Crippen LogP contribution in [0.3, 0.4) is 0 Å². The second kappa shape index (κ2) is 5.93. The monoisotopic (exact) mass is 300 g/mol. The maximum Gasteiger partial charge on any atom is 0.316 e. The molecule has 1 aromatic rings. The zero-order valence-electron chi connectivity index (χ0n) is 9.51. The van der Waals surface area contributed by atoms with E-state index in [1.54, 1.807) is 24.3 Å². The molecule has 0 aliphatic heterocycles. The molecule has 92 valence electrons. The molecule has 1 aromatic carbocycles. The van der Waals surface area contributed by atoms with E-state index in [4.69, 9.17) is 0 Å². The Labute approximate surface area is 108 Å². The van der Waals surface area contributed by atoms with E-state index in [9.17, 15) is 14.7 Å². The Morgan fingerprint density at radius 3 is 2.24 bits per heavy atom. The summed E-state index contributed by atoms with van der Waals surface area (Å²) in [6.45, 7) is 1.24. The van der Waals surface area contributed by atoms with Crippen molar-refractivity contribution in [2.24, 2.45) is 0 Å². The van der Waals surface area contributed by atoms with Crippen molar-refractivity contribution >= 4 is 27.7 Å². The third kappa shape index (κ3) is 3.38. The first-order valence-corrected chi connectivity index (χ1v) is 5.78. The van der Waals surface area contributed by atoms with Crippen LogP contribution in [-0.2, 0) is 14.3 Å². The second-order valence-corrected chi connectivity index (χ2v) is 4.52. The lowest BCUT2D eigenvalue weighted by Gasteiger charge is -2.19. The van der Waals surface area contributed by atoms with Gasteiger partial charge in [-0.15, -0.1) is 0 Å². The highest BCUT2D eigenvalue weighted by molar-refractivity contribution is 9.10. The Kier molecular flexibility index (Phi) is 4.84. The van der Waals surface area contributed by atoms with E-state index >= 15 is 0 Å². The standard InChI is InChI=1S/C12H13BrO4/c1-7(14)11(15)10(12(16)17-2)8-3-5-9(13)6-4-8/h3-6,10-11,15H,1-2H3/t10-,11+/m1/s1. The number of methoxy groups -OCH3 is 1. The minimum Gasteiger partial charge on any atom is -0.468 e. The zero-order valence-corrected chi connectivity index (χ0v) is 11.1. The zero-order chi connectivity index (χ0) is 13.0. The average molecular weight is 301 g/mol. The number of Topliss-reactive ketones (excluding diaryl/α,β-unsaturated/α-hetero) is 1. The minimum atomic E-state index is -1.39. The van der Waals surface area contributed by atoms with Crippen molar-refractivity contribution in [2.75, 3.05) is 7.11 Å². The Balaban J connectivity index is 3.10. The number of esters is 1. The van der Waals surface area contributed by atoms with Crippen LogP contribution in [0.25, 0.3) is 0 Å². The van der Waals surface area contributed by atoms with Gasteiger partial charge in [-0.2, -0.15) is 0 Å². The van der Waals surface area contributed by atoms with Crippen LogP contribution in [0.4, 0.5) is 0 Å². The van der Waals surface area contributed by atoms with Crippen molar-refractivity contribution in [3.63, 3.8) is 0 Å². The lowest BCUT2D eigenvalue weighted by Crippen LogP contribution is -2.32. The molecule has 0 aliphatic carbocycles.